The molecule has 0 aliphatic heterocycles. The number of aryl methyl sites for hydroxylation is 1. The minimum atomic E-state index is -4.56. The zero-order chi connectivity index (χ0) is 17.9. The normalized spacial score (nSPS) is 11.4. The summed E-state index contributed by atoms with van der Waals surface area (Å²) in [6, 6.07) is 2.05. The molecule has 0 aromatic carbocycles. The van der Waals surface area contributed by atoms with Gasteiger partial charge >= 0.3 is 6.18 Å². The highest BCUT2D eigenvalue weighted by Crippen LogP contribution is 2.27. The van der Waals surface area contributed by atoms with Crippen LogP contribution in [0.1, 0.15) is 27.6 Å². The lowest BCUT2D eigenvalue weighted by Crippen LogP contribution is -2.27. The first-order valence-corrected chi connectivity index (χ1v) is 7.13. The molecule has 0 unspecified atom stereocenters. The van der Waals surface area contributed by atoms with Gasteiger partial charge in [-0.2, -0.15) is 13.2 Å². The predicted octanol–water partition coefficient (Wildman–Crippen LogP) is 2.12. The average Bonchev–Trinajstić information content (AvgIpc) is 2.48. The standard InChI is InChI=1S/C14H12ClF3N4O2/c1-7-4-10(14(16,17)18)22-11(21-7)2-3-19-12(23)8-5-9(15)13(24)20-6-8/h4-6H,2-3H2,1H3,(H,19,23)(H,20,24). The molecule has 1 amide bonds. The molecule has 0 atom stereocenters. The van der Waals surface area contributed by atoms with Gasteiger partial charge in [0.05, 0.1) is 5.56 Å². The number of carbonyl (C=O) groups excluding carboxylic acids is 1. The second-order valence-electron chi connectivity index (χ2n) is 4.88. The number of alkyl halides is 3. The maximum Gasteiger partial charge on any atom is 0.433 e. The van der Waals surface area contributed by atoms with Crippen molar-refractivity contribution in [2.45, 2.75) is 19.5 Å². The molecule has 0 bridgehead atoms. The van der Waals surface area contributed by atoms with Gasteiger partial charge in [-0.05, 0) is 19.1 Å². The maximum atomic E-state index is 12.7. The fourth-order valence-corrected chi connectivity index (χ4v) is 2.04. The van der Waals surface area contributed by atoms with Gasteiger partial charge in [-0.15, -0.1) is 0 Å². The SMILES string of the molecule is Cc1cc(C(F)(F)F)nc(CCNC(=O)c2c[nH]c(=O)c(Cl)c2)n1. The van der Waals surface area contributed by atoms with Crippen molar-refractivity contribution in [3.8, 4) is 0 Å². The Balaban J connectivity index is 2.01. The molecule has 2 N–H and O–H groups in total. The first-order valence-electron chi connectivity index (χ1n) is 6.75. The Hall–Kier alpha value is -2.42. The Morgan fingerprint density at radius 1 is 1.33 bits per heavy atom. The van der Waals surface area contributed by atoms with Crippen molar-refractivity contribution in [2.24, 2.45) is 0 Å². The number of H-pyrrole nitrogens is 1. The van der Waals surface area contributed by atoms with Crippen LogP contribution in [0, 0.1) is 6.92 Å². The summed E-state index contributed by atoms with van der Waals surface area (Å²) in [5.41, 5.74) is -1.24. The number of aromatic nitrogens is 3. The molecule has 6 nitrogen and oxygen atoms in total. The van der Waals surface area contributed by atoms with E-state index in [4.69, 9.17) is 11.6 Å². The summed E-state index contributed by atoms with van der Waals surface area (Å²) >= 11 is 5.62. The minimum absolute atomic E-state index is 0.0214. The third kappa shape index (κ3) is 4.54. The summed E-state index contributed by atoms with van der Waals surface area (Å²) in [4.78, 5) is 32.6. The van der Waals surface area contributed by atoms with E-state index in [-0.39, 0.29) is 35.1 Å². The number of nitrogens with one attached hydrogen (secondary N) is 2. The Bertz CT molecular complexity index is 820. The van der Waals surface area contributed by atoms with E-state index in [0.717, 1.165) is 6.07 Å². The van der Waals surface area contributed by atoms with Crippen molar-refractivity contribution in [3.05, 3.63) is 56.5 Å². The highest BCUT2D eigenvalue weighted by atomic mass is 35.5. The lowest BCUT2D eigenvalue weighted by Gasteiger charge is -2.09. The Kier molecular flexibility index (Phi) is 5.23. The van der Waals surface area contributed by atoms with Gasteiger partial charge in [0.25, 0.3) is 11.5 Å². The second-order valence-corrected chi connectivity index (χ2v) is 5.29. The zero-order valence-electron chi connectivity index (χ0n) is 12.4. The number of halogens is 4. The van der Waals surface area contributed by atoms with Gasteiger partial charge in [-0.3, -0.25) is 9.59 Å². The van der Waals surface area contributed by atoms with Gasteiger partial charge in [0.2, 0.25) is 0 Å². The van der Waals surface area contributed by atoms with Gasteiger partial charge in [-0.25, -0.2) is 9.97 Å². The number of aromatic amines is 1. The van der Waals surface area contributed by atoms with E-state index in [9.17, 15) is 22.8 Å². The van der Waals surface area contributed by atoms with Crippen molar-refractivity contribution in [3.63, 3.8) is 0 Å². The van der Waals surface area contributed by atoms with Crippen LogP contribution in [0.15, 0.2) is 23.1 Å². The summed E-state index contributed by atoms with van der Waals surface area (Å²) in [5.74, 6) is -0.557. The number of nitrogens with zero attached hydrogens (tertiary/aromatic N) is 2. The van der Waals surface area contributed by atoms with Gasteiger partial charge in [0, 0.05) is 24.9 Å². The van der Waals surface area contributed by atoms with Crippen molar-refractivity contribution in [2.75, 3.05) is 6.54 Å². The van der Waals surface area contributed by atoms with E-state index in [1.807, 2.05) is 0 Å². The molecular formula is C14H12ClF3N4O2. The summed E-state index contributed by atoms with van der Waals surface area (Å²) in [6.45, 7) is 1.46. The molecule has 0 fully saturated rings. The molecular weight excluding hydrogens is 349 g/mol. The van der Waals surface area contributed by atoms with Crippen molar-refractivity contribution in [1.29, 1.82) is 0 Å². The van der Waals surface area contributed by atoms with Gasteiger partial charge < -0.3 is 10.3 Å². The number of rotatable bonds is 4. The van der Waals surface area contributed by atoms with E-state index >= 15 is 0 Å². The lowest BCUT2D eigenvalue weighted by atomic mass is 10.2. The Labute approximate surface area is 139 Å². The lowest BCUT2D eigenvalue weighted by molar-refractivity contribution is -0.141. The largest absolute Gasteiger partial charge is 0.433 e. The molecule has 0 saturated carbocycles. The van der Waals surface area contributed by atoms with Crippen LogP contribution in [0.25, 0.3) is 0 Å². The molecule has 0 saturated heterocycles. The van der Waals surface area contributed by atoms with Gasteiger partial charge in [-0.1, -0.05) is 11.6 Å². The molecule has 0 spiro atoms. The van der Waals surface area contributed by atoms with Crippen LogP contribution < -0.4 is 10.9 Å². The topological polar surface area (TPSA) is 87.7 Å². The molecule has 2 aromatic rings. The van der Waals surface area contributed by atoms with E-state index in [1.165, 1.54) is 19.2 Å². The smallest absolute Gasteiger partial charge is 0.352 e. The Morgan fingerprint density at radius 3 is 2.67 bits per heavy atom. The van der Waals surface area contributed by atoms with Crippen LogP contribution in [0.2, 0.25) is 5.02 Å². The van der Waals surface area contributed by atoms with Crippen LogP contribution in [0.3, 0.4) is 0 Å². The van der Waals surface area contributed by atoms with Crippen molar-refractivity contribution in [1.82, 2.24) is 20.3 Å². The zero-order valence-corrected chi connectivity index (χ0v) is 13.1. The summed E-state index contributed by atoms with van der Waals surface area (Å²) in [7, 11) is 0. The average molecular weight is 361 g/mol. The minimum Gasteiger partial charge on any atom is -0.352 e. The van der Waals surface area contributed by atoms with Gasteiger partial charge in [0.1, 0.15) is 16.5 Å². The van der Waals surface area contributed by atoms with E-state index in [1.54, 1.807) is 0 Å². The molecule has 0 aliphatic rings. The van der Waals surface area contributed by atoms with Crippen molar-refractivity contribution < 1.29 is 18.0 Å². The second kappa shape index (κ2) is 7.00. The predicted molar refractivity (Wildman–Crippen MR) is 79.9 cm³/mol. The first kappa shape index (κ1) is 17.9. The van der Waals surface area contributed by atoms with Gasteiger partial charge in [0.15, 0.2) is 0 Å². The van der Waals surface area contributed by atoms with Crippen LogP contribution in [0.4, 0.5) is 13.2 Å². The summed E-state index contributed by atoms with van der Waals surface area (Å²) < 4.78 is 38.1. The van der Waals surface area contributed by atoms with E-state index < -0.39 is 23.3 Å². The molecule has 2 heterocycles. The van der Waals surface area contributed by atoms with E-state index in [0.29, 0.717) is 0 Å². The number of amides is 1. The fourth-order valence-electron chi connectivity index (χ4n) is 1.86. The van der Waals surface area contributed by atoms with Crippen LogP contribution in [-0.2, 0) is 12.6 Å². The molecule has 0 aliphatic carbocycles. The molecule has 2 rings (SSSR count). The summed E-state index contributed by atoms with van der Waals surface area (Å²) in [6.07, 6.45) is -3.35. The van der Waals surface area contributed by atoms with Crippen molar-refractivity contribution >= 4 is 17.5 Å². The highest BCUT2D eigenvalue weighted by Gasteiger charge is 2.33. The molecule has 128 valence electrons. The highest BCUT2D eigenvalue weighted by molar-refractivity contribution is 6.30. The third-order valence-electron chi connectivity index (χ3n) is 2.95. The van der Waals surface area contributed by atoms with Crippen LogP contribution in [0.5, 0.6) is 0 Å². The monoisotopic (exact) mass is 360 g/mol. The number of hydrogen-bond donors (Lipinski definition) is 2. The molecule has 24 heavy (non-hydrogen) atoms. The maximum absolute atomic E-state index is 12.7. The molecule has 2 aromatic heterocycles. The third-order valence-corrected chi connectivity index (χ3v) is 3.23. The number of hydrogen-bond acceptors (Lipinski definition) is 4. The van der Waals surface area contributed by atoms with Crippen LogP contribution in [-0.4, -0.2) is 27.4 Å². The number of pyridine rings is 1. The quantitative estimate of drug-likeness (QED) is 0.874. The first-order chi connectivity index (χ1) is 11.2. The molecule has 10 heteroatoms. The van der Waals surface area contributed by atoms with E-state index in [2.05, 4.69) is 20.3 Å². The van der Waals surface area contributed by atoms with Crippen LogP contribution >= 0.6 is 11.6 Å². The fraction of sp³-hybridized carbons (Fsp3) is 0.286. The Morgan fingerprint density at radius 2 is 2.04 bits per heavy atom. The number of carbonyl (C=O) groups is 1. The summed E-state index contributed by atoms with van der Waals surface area (Å²) in [5, 5.41) is 2.35. The molecule has 0 radical (unpaired) electrons.